The maximum Gasteiger partial charge on any atom is 0.242 e. The molecule has 0 aromatic carbocycles. The third kappa shape index (κ3) is 4.17. The number of sulfonamides is 1. The molecule has 2 rings (SSSR count). The molecule has 1 fully saturated rings. The highest BCUT2D eigenvalue weighted by Crippen LogP contribution is 2.29. The lowest BCUT2D eigenvalue weighted by Crippen LogP contribution is -2.42. The Bertz CT molecular complexity index is 557. The molecule has 118 valence electrons. The van der Waals surface area contributed by atoms with Crippen LogP contribution in [0.15, 0.2) is 23.2 Å². The standard InChI is InChI=1S/C15H25N3O2S/c1-4-16-15-8-6-13(10-17-15)21(19,20)18-14-7-5-11(2)9-12(14)3/h6,8,10-12,14,18H,4-5,7,9H2,1-3H3,(H,16,17). The summed E-state index contributed by atoms with van der Waals surface area (Å²) in [4.78, 5) is 4.36. The van der Waals surface area contributed by atoms with Gasteiger partial charge in [0, 0.05) is 18.8 Å². The predicted molar refractivity (Wildman–Crippen MR) is 84.7 cm³/mol. The van der Waals surface area contributed by atoms with Gasteiger partial charge >= 0.3 is 0 Å². The molecular formula is C15H25N3O2S. The fraction of sp³-hybridized carbons (Fsp3) is 0.667. The second kappa shape index (κ2) is 6.75. The number of pyridine rings is 1. The van der Waals surface area contributed by atoms with E-state index in [-0.39, 0.29) is 10.9 Å². The molecule has 3 unspecified atom stereocenters. The molecule has 0 bridgehead atoms. The van der Waals surface area contributed by atoms with Crippen LogP contribution in [0, 0.1) is 11.8 Å². The maximum atomic E-state index is 12.4. The average Bonchev–Trinajstić information content (AvgIpc) is 2.43. The molecular weight excluding hydrogens is 286 g/mol. The van der Waals surface area contributed by atoms with E-state index in [4.69, 9.17) is 0 Å². The highest BCUT2D eigenvalue weighted by molar-refractivity contribution is 7.89. The lowest BCUT2D eigenvalue weighted by molar-refractivity contribution is 0.249. The van der Waals surface area contributed by atoms with Crippen LogP contribution in [0.25, 0.3) is 0 Å². The Balaban J connectivity index is 2.07. The van der Waals surface area contributed by atoms with Crippen LogP contribution in [0.4, 0.5) is 5.82 Å². The molecule has 1 aliphatic rings. The lowest BCUT2D eigenvalue weighted by atomic mass is 9.80. The van der Waals surface area contributed by atoms with Crippen LogP contribution in [0.1, 0.15) is 40.0 Å². The van der Waals surface area contributed by atoms with Crippen molar-refractivity contribution >= 4 is 15.8 Å². The van der Waals surface area contributed by atoms with Crippen molar-refractivity contribution in [2.75, 3.05) is 11.9 Å². The molecule has 0 spiro atoms. The van der Waals surface area contributed by atoms with Crippen LogP contribution >= 0.6 is 0 Å². The number of aromatic nitrogens is 1. The first-order valence-corrected chi connectivity index (χ1v) is 9.13. The number of nitrogens with zero attached hydrogens (tertiary/aromatic N) is 1. The SMILES string of the molecule is CCNc1ccc(S(=O)(=O)NC2CCC(C)CC2C)cn1. The van der Waals surface area contributed by atoms with Gasteiger partial charge in [0.2, 0.25) is 10.0 Å². The normalized spacial score (nSPS) is 26.5. The summed E-state index contributed by atoms with van der Waals surface area (Å²) in [7, 11) is -3.48. The zero-order chi connectivity index (χ0) is 15.5. The first kappa shape index (κ1) is 16.2. The maximum absolute atomic E-state index is 12.4. The van der Waals surface area contributed by atoms with Crippen molar-refractivity contribution in [3.8, 4) is 0 Å². The van der Waals surface area contributed by atoms with Gasteiger partial charge in [0.05, 0.1) is 0 Å². The molecule has 0 saturated heterocycles. The molecule has 1 aromatic heterocycles. The van der Waals surface area contributed by atoms with Crippen molar-refractivity contribution in [3.05, 3.63) is 18.3 Å². The van der Waals surface area contributed by atoms with E-state index in [2.05, 4.69) is 28.9 Å². The molecule has 6 heteroatoms. The van der Waals surface area contributed by atoms with Crippen LogP contribution in [0.5, 0.6) is 0 Å². The van der Waals surface area contributed by atoms with Crippen molar-refractivity contribution in [3.63, 3.8) is 0 Å². The van der Waals surface area contributed by atoms with Gasteiger partial charge in [0.15, 0.2) is 0 Å². The van der Waals surface area contributed by atoms with Crippen molar-refractivity contribution in [1.29, 1.82) is 0 Å². The predicted octanol–water partition coefficient (Wildman–Crippen LogP) is 2.62. The van der Waals surface area contributed by atoms with Gasteiger partial charge in [-0.25, -0.2) is 18.1 Å². The molecule has 1 aliphatic carbocycles. The third-order valence-electron chi connectivity index (χ3n) is 4.14. The highest BCUT2D eigenvalue weighted by atomic mass is 32.2. The highest BCUT2D eigenvalue weighted by Gasteiger charge is 2.29. The zero-order valence-corrected chi connectivity index (χ0v) is 13.8. The zero-order valence-electron chi connectivity index (χ0n) is 13.0. The van der Waals surface area contributed by atoms with E-state index in [1.165, 1.54) is 6.20 Å². The van der Waals surface area contributed by atoms with Gasteiger partial charge in [-0.05, 0) is 50.2 Å². The third-order valence-corrected chi connectivity index (χ3v) is 5.62. The first-order valence-electron chi connectivity index (χ1n) is 7.64. The summed E-state index contributed by atoms with van der Waals surface area (Å²) in [5.74, 6) is 1.75. The molecule has 3 atom stereocenters. The average molecular weight is 311 g/mol. The van der Waals surface area contributed by atoms with Gasteiger partial charge in [0.25, 0.3) is 0 Å². The molecule has 1 heterocycles. The Morgan fingerprint density at radius 2 is 2.05 bits per heavy atom. The van der Waals surface area contributed by atoms with E-state index in [9.17, 15) is 8.42 Å². The molecule has 0 radical (unpaired) electrons. The molecule has 21 heavy (non-hydrogen) atoms. The quantitative estimate of drug-likeness (QED) is 0.877. The summed E-state index contributed by atoms with van der Waals surface area (Å²) in [6.45, 7) is 7.08. The summed E-state index contributed by atoms with van der Waals surface area (Å²) < 4.78 is 27.7. The molecule has 1 aromatic rings. The Morgan fingerprint density at radius 1 is 1.29 bits per heavy atom. The number of hydrogen-bond donors (Lipinski definition) is 2. The topological polar surface area (TPSA) is 71.1 Å². The van der Waals surface area contributed by atoms with Crippen molar-refractivity contribution in [2.45, 2.75) is 51.0 Å². The molecule has 2 N–H and O–H groups in total. The smallest absolute Gasteiger partial charge is 0.242 e. The van der Waals surface area contributed by atoms with Gasteiger partial charge in [-0.3, -0.25) is 0 Å². The summed E-state index contributed by atoms with van der Waals surface area (Å²) >= 11 is 0. The van der Waals surface area contributed by atoms with Gasteiger partial charge in [-0.1, -0.05) is 13.8 Å². The van der Waals surface area contributed by atoms with Crippen molar-refractivity contribution in [2.24, 2.45) is 11.8 Å². The van der Waals surface area contributed by atoms with E-state index in [0.717, 1.165) is 25.8 Å². The Hall–Kier alpha value is -1.14. The minimum absolute atomic E-state index is 0.0274. The van der Waals surface area contributed by atoms with Crippen LogP contribution in [0.2, 0.25) is 0 Å². The largest absolute Gasteiger partial charge is 0.370 e. The second-order valence-corrected chi connectivity index (χ2v) is 7.75. The van der Waals surface area contributed by atoms with Crippen LogP contribution < -0.4 is 10.0 Å². The molecule has 0 amide bonds. The van der Waals surface area contributed by atoms with E-state index in [1.807, 2.05) is 6.92 Å². The Kier molecular flexibility index (Phi) is 5.22. The fourth-order valence-corrected chi connectivity index (χ4v) is 4.26. The van der Waals surface area contributed by atoms with Crippen LogP contribution in [-0.2, 0) is 10.0 Å². The summed E-state index contributed by atoms with van der Waals surface area (Å²) in [5, 5.41) is 3.05. The Labute approximate surface area is 127 Å². The summed E-state index contributed by atoms with van der Waals surface area (Å²) in [6.07, 6.45) is 4.47. The molecule has 0 aliphatic heterocycles. The van der Waals surface area contributed by atoms with Crippen LogP contribution in [0.3, 0.4) is 0 Å². The molecule has 1 saturated carbocycles. The molecule has 5 nitrogen and oxygen atoms in total. The van der Waals surface area contributed by atoms with Crippen LogP contribution in [-0.4, -0.2) is 26.0 Å². The second-order valence-electron chi connectivity index (χ2n) is 6.03. The first-order chi connectivity index (χ1) is 9.92. The number of anilines is 1. The minimum atomic E-state index is -3.48. The van der Waals surface area contributed by atoms with E-state index < -0.39 is 10.0 Å². The van der Waals surface area contributed by atoms with Gasteiger partial charge in [-0.15, -0.1) is 0 Å². The lowest BCUT2D eigenvalue weighted by Gasteiger charge is -2.32. The summed E-state index contributed by atoms with van der Waals surface area (Å²) in [6, 6.07) is 3.33. The van der Waals surface area contributed by atoms with Gasteiger partial charge in [-0.2, -0.15) is 0 Å². The van der Waals surface area contributed by atoms with E-state index in [0.29, 0.717) is 17.7 Å². The number of hydrogen-bond acceptors (Lipinski definition) is 4. The van der Waals surface area contributed by atoms with E-state index >= 15 is 0 Å². The van der Waals surface area contributed by atoms with Crippen molar-refractivity contribution < 1.29 is 8.42 Å². The van der Waals surface area contributed by atoms with E-state index in [1.54, 1.807) is 12.1 Å². The minimum Gasteiger partial charge on any atom is -0.370 e. The van der Waals surface area contributed by atoms with Gasteiger partial charge < -0.3 is 5.32 Å². The fourth-order valence-electron chi connectivity index (χ4n) is 2.93. The monoisotopic (exact) mass is 311 g/mol. The van der Waals surface area contributed by atoms with Crippen molar-refractivity contribution in [1.82, 2.24) is 9.71 Å². The number of nitrogens with one attached hydrogen (secondary N) is 2. The summed E-state index contributed by atoms with van der Waals surface area (Å²) in [5.41, 5.74) is 0. The number of rotatable bonds is 5. The van der Waals surface area contributed by atoms with Gasteiger partial charge in [0.1, 0.15) is 10.7 Å². The Morgan fingerprint density at radius 3 is 2.62 bits per heavy atom.